The van der Waals surface area contributed by atoms with Crippen molar-refractivity contribution in [2.75, 3.05) is 33.3 Å². The molecular formula is C20H28N3O3S+. The second-order valence-corrected chi connectivity index (χ2v) is 8.23. The van der Waals surface area contributed by atoms with Crippen molar-refractivity contribution in [3.05, 3.63) is 29.3 Å². The SMILES string of the molecule is CCOC(=O)[C@@H]1CCC[NH+](CC(=O)N(C)[C@@H](C)c2nc3ccccc3s2)C1. The minimum absolute atomic E-state index is 0.0695. The van der Waals surface area contributed by atoms with E-state index in [2.05, 4.69) is 11.1 Å². The Kier molecular flexibility index (Phi) is 6.44. The van der Waals surface area contributed by atoms with Crippen molar-refractivity contribution in [3.63, 3.8) is 0 Å². The summed E-state index contributed by atoms with van der Waals surface area (Å²) >= 11 is 1.63. The highest BCUT2D eigenvalue weighted by atomic mass is 32.1. The molecule has 0 radical (unpaired) electrons. The van der Waals surface area contributed by atoms with E-state index in [-0.39, 0.29) is 23.8 Å². The van der Waals surface area contributed by atoms with Gasteiger partial charge in [-0.3, -0.25) is 9.59 Å². The highest BCUT2D eigenvalue weighted by molar-refractivity contribution is 7.18. The molecule has 1 aliphatic heterocycles. The summed E-state index contributed by atoms with van der Waals surface area (Å²) in [5.74, 6) is -0.131. The number of ether oxygens (including phenoxy) is 1. The summed E-state index contributed by atoms with van der Waals surface area (Å²) in [5.41, 5.74) is 0.976. The number of piperidine rings is 1. The Balaban J connectivity index is 1.60. The number of carbonyl (C=O) groups excluding carboxylic acids is 2. The fraction of sp³-hybridized carbons (Fsp3) is 0.550. The molecule has 0 bridgehead atoms. The fourth-order valence-electron chi connectivity index (χ4n) is 3.56. The molecule has 27 heavy (non-hydrogen) atoms. The number of fused-ring (bicyclic) bond motifs is 1. The van der Waals surface area contributed by atoms with Crippen LogP contribution in [0.25, 0.3) is 10.2 Å². The zero-order chi connectivity index (χ0) is 19.4. The molecule has 0 saturated carbocycles. The van der Waals surface area contributed by atoms with Crippen LogP contribution < -0.4 is 4.90 Å². The summed E-state index contributed by atoms with van der Waals surface area (Å²) in [6, 6.07) is 7.96. The van der Waals surface area contributed by atoms with Gasteiger partial charge in [-0.15, -0.1) is 11.3 Å². The number of rotatable bonds is 6. The Morgan fingerprint density at radius 2 is 2.19 bits per heavy atom. The zero-order valence-corrected chi connectivity index (χ0v) is 17.1. The maximum Gasteiger partial charge on any atom is 0.314 e. The third kappa shape index (κ3) is 4.65. The van der Waals surface area contributed by atoms with Gasteiger partial charge < -0.3 is 14.5 Å². The lowest BCUT2D eigenvalue weighted by atomic mass is 9.98. The number of amides is 1. The Bertz CT molecular complexity index is 774. The summed E-state index contributed by atoms with van der Waals surface area (Å²) in [7, 11) is 1.84. The predicted octanol–water partition coefficient (Wildman–Crippen LogP) is 1.67. The van der Waals surface area contributed by atoms with Crippen molar-refractivity contribution in [3.8, 4) is 0 Å². The van der Waals surface area contributed by atoms with E-state index in [1.165, 1.54) is 0 Å². The number of benzene rings is 1. The van der Waals surface area contributed by atoms with Crippen LogP contribution in [0, 0.1) is 5.92 Å². The molecule has 0 aliphatic carbocycles. The van der Waals surface area contributed by atoms with Crippen molar-refractivity contribution >= 4 is 33.4 Å². The third-order valence-electron chi connectivity index (χ3n) is 5.28. The molecule has 1 amide bonds. The summed E-state index contributed by atoms with van der Waals surface area (Å²) in [4.78, 5) is 32.4. The van der Waals surface area contributed by atoms with Gasteiger partial charge in [0.15, 0.2) is 6.54 Å². The maximum absolute atomic E-state index is 12.8. The van der Waals surface area contributed by atoms with Gasteiger partial charge in [-0.1, -0.05) is 12.1 Å². The van der Waals surface area contributed by atoms with Gasteiger partial charge in [-0.25, -0.2) is 4.98 Å². The number of para-hydroxylation sites is 1. The van der Waals surface area contributed by atoms with E-state index in [1.807, 2.05) is 39.1 Å². The summed E-state index contributed by atoms with van der Waals surface area (Å²) in [6.07, 6.45) is 1.80. The molecule has 3 atom stereocenters. The Morgan fingerprint density at radius 1 is 1.41 bits per heavy atom. The molecule has 1 N–H and O–H groups in total. The largest absolute Gasteiger partial charge is 0.466 e. The van der Waals surface area contributed by atoms with Gasteiger partial charge >= 0.3 is 5.97 Å². The number of carbonyl (C=O) groups is 2. The van der Waals surface area contributed by atoms with Gasteiger partial charge in [-0.2, -0.15) is 0 Å². The van der Waals surface area contributed by atoms with E-state index in [9.17, 15) is 9.59 Å². The monoisotopic (exact) mass is 390 g/mol. The second kappa shape index (κ2) is 8.80. The second-order valence-electron chi connectivity index (χ2n) is 7.17. The third-order valence-corrected chi connectivity index (χ3v) is 6.49. The Labute approximate surface area is 164 Å². The minimum Gasteiger partial charge on any atom is -0.466 e. The van der Waals surface area contributed by atoms with Crippen LogP contribution in [-0.4, -0.2) is 55.0 Å². The molecule has 1 unspecified atom stereocenters. The molecule has 1 saturated heterocycles. The quantitative estimate of drug-likeness (QED) is 0.762. The molecule has 6 nitrogen and oxygen atoms in total. The molecule has 7 heteroatoms. The van der Waals surface area contributed by atoms with E-state index < -0.39 is 0 Å². The number of quaternary nitrogens is 1. The highest BCUT2D eigenvalue weighted by Crippen LogP contribution is 2.28. The molecule has 1 fully saturated rings. The number of likely N-dealkylation sites (tertiary alicyclic amines) is 1. The van der Waals surface area contributed by atoms with Crippen molar-refractivity contribution in [2.45, 2.75) is 32.7 Å². The predicted molar refractivity (Wildman–Crippen MR) is 106 cm³/mol. The lowest BCUT2D eigenvalue weighted by Gasteiger charge is -2.30. The number of nitrogens with one attached hydrogen (secondary N) is 1. The Hall–Kier alpha value is -1.99. The molecule has 146 valence electrons. The van der Waals surface area contributed by atoms with Crippen LogP contribution in [0.2, 0.25) is 0 Å². The molecule has 1 aliphatic rings. The minimum atomic E-state index is -0.127. The van der Waals surface area contributed by atoms with Gasteiger partial charge in [0.05, 0.1) is 36.0 Å². The van der Waals surface area contributed by atoms with E-state index in [0.29, 0.717) is 19.7 Å². The zero-order valence-electron chi connectivity index (χ0n) is 16.2. The van der Waals surface area contributed by atoms with E-state index >= 15 is 0 Å². The number of hydrogen-bond donors (Lipinski definition) is 1. The molecule has 2 aromatic rings. The summed E-state index contributed by atoms with van der Waals surface area (Å²) < 4.78 is 6.29. The van der Waals surface area contributed by atoms with Crippen LogP contribution in [0.5, 0.6) is 0 Å². The molecule has 1 aromatic heterocycles. The number of likely N-dealkylation sites (N-methyl/N-ethyl adjacent to an activating group) is 1. The first-order chi connectivity index (χ1) is 13.0. The summed E-state index contributed by atoms with van der Waals surface area (Å²) in [5, 5.41) is 0.949. The van der Waals surface area contributed by atoms with Crippen LogP contribution in [0.4, 0.5) is 0 Å². The molecule has 3 rings (SSSR count). The van der Waals surface area contributed by atoms with Gasteiger partial charge in [0, 0.05) is 7.05 Å². The van der Waals surface area contributed by atoms with Crippen LogP contribution in [0.15, 0.2) is 24.3 Å². The van der Waals surface area contributed by atoms with Gasteiger partial charge in [-0.05, 0) is 38.8 Å². The van der Waals surface area contributed by atoms with Crippen molar-refractivity contribution < 1.29 is 19.2 Å². The van der Waals surface area contributed by atoms with Crippen LogP contribution in [0.3, 0.4) is 0 Å². The standard InChI is InChI=1S/C20H27N3O3S/c1-4-26-20(25)15-8-7-11-23(12-15)13-18(24)22(3)14(2)19-21-16-9-5-6-10-17(16)27-19/h5-6,9-10,14-15H,4,7-8,11-13H2,1-3H3/p+1/t14-,15+/m0/s1. The Morgan fingerprint density at radius 3 is 2.93 bits per heavy atom. The number of aromatic nitrogens is 1. The van der Waals surface area contributed by atoms with E-state index in [0.717, 1.165) is 39.5 Å². The van der Waals surface area contributed by atoms with Crippen LogP contribution in [-0.2, 0) is 14.3 Å². The molecular weight excluding hydrogens is 362 g/mol. The van der Waals surface area contributed by atoms with Crippen molar-refractivity contribution in [2.24, 2.45) is 5.92 Å². The number of esters is 1. The smallest absolute Gasteiger partial charge is 0.314 e. The normalized spacial score (nSPS) is 21.0. The molecule has 0 spiro atoms. The highest BCUT2D eigenvalue weighted by Gasteiger charge is 2.32. The topological polar surface area (TPSA) is 63.9 Å². The average molecular weight is 391 g/mol. The van der Waals surface area contributed by atoms with Gasteiger partial charge in [0.1, 0.15) is 10.9 Å². The molecule has 2 heterocycles. The van der Waals surface area contributed by atoms with E-state index in [4.69, 9.17) is 4.74 Å². The first kappa shape index (κ1) is 19.8. The number of nitrogens with zero attached hydrogens (tertiary/aromatic N) is 2. The summed E-state index contributed by atoms with van der Waals surface area (Å²) in [6.45, 7) is 6.25. The molecule has 1 aromatic carbocycles. The first-order valence-corrected chi connectivity index (χ1v) is 10.4. The number of hydrogen-bond acceptors (Lipinski definition) is 5. The van der Waals surface area contributed by atoms with Crippen molar-refractivity contribution in [1.82, 2.24) is 9.88 Å². The number of thiazole rings is 1. The average Bonchev–Trinajstić information content (AvgIpc) is 3.11. The van der Waals surface area contributed by atoms with Crippen LogP contribution in [0.1, 0.15) is 37.7 Å². The van der Waals surface area contributed by atoms with Crippen molar-refractivity contribution in [1.29, 1.82) is 0 Å². The lowest BCUT2D eigenvalue weighted by Crippen LogP contribution is -3.14. The van der Waals surface area contributed by atoms with Gasteiger partial charge in [0.2, 0.25) is 0 Å². The maximum atomic E-state index is 12.8. The fourth-order valence-corrected chi connectivity index (χ4v) is 4.62. The van der Waals surface area contributed by atoms with Crippen LogP contribution >= 0.6 is 11.3 Å². The lowest BCUT2D eigenvalue weighted by molar-refractivity contribution is -0.899. The first-order valence-electron chi connectivity index (χ1n) is 9.61. The van der Waals surface area contributed by atoms with E-state index in [1.54, 1.807) is 16.2 Å². The van der Waals surface area contributed by atoms with Gasteiger partial charge in [0.25, 0.3) is 5.91 Å².